The molecular formula is C21H21BCl2N6O2S2. The third-order valence-corrected chi connectivity index (χ3v) is 9.63. The maximum atomic E-state index is 13.1. The molecule has 34 heavy (non-hydrogen) atoms. The van der Waals surface area contributed by atoms with E-state index in [9.17, 15) is 8.42 Å². The summed E-state index contributed by atoms with van der Waals surface area (Å²) in [6.45, 7) is 1.38. The molecule has 0 aliphatic carbocycles. The van der Waals surface area contributed by atoms with Crippen LogP contribution in [0, 0.1) is 0 Å². The van der Waals surface area contributed by atoms with Crippen LogP contribution in [0.2, 0.25) is 8.67 Å². The summed E-state index contributed by atoms with van der Waals surface area (Å²) in [4.78, 5) is 9.13. The molecule has 8 nitrogen and oxygen atoms in total. The van der Waals surface area contributed by atoms with Gasteiger partial charge in [-0.3, -0.25) is 4.98 Å². The van der Waals surface area contributed by atoms with Crippen molar-refractivity contribution in [2.75, 3.05) is 18.4 Å². The second-order valence-corrected chi connectivity index (χ2v) is 12.4. The predicted molar refractivity (Wildman–Crippen MR) is 138 cm³/mol. The molecule has 0 unspecified atom stereocenters. The first-order chi connectivity index (χ1) is 16.3. The van der Waals surface area contributed by atoms with Crippen molar-refractivity contribution >= 4 is 69.3 Å². The van der Waals surface area contributed by atoms with Gasteiger partial charge in [-0.15, -0.1) is 11.3 Å². The van der Waals surface area contributed by atoms with Crippen LogP contribution in [0.5, 0.6) is 0 Å². The Balaban J connectivity index is 1.36. The zero-order chi connectivity index (χ0) is 23.9. The highest BCUT2D eigenvalue weighted by Gasteiger charge is 2.33. The van der Waals surface area contributed by atoms with Gasteiger partial charge in [0.05, 0.1) is 4.34 Å². The first-order valence-electron chi connectivity index (χ1n) is 10.8. The molecule has 1 saturated heterocycles. The number of pyridine rings is 1. The molecule has 1 N–H and O–H groups in total. The molecule has 0 atom stereocenters. The predicted octanol–water partition coefficient (Wildman–Crippen LogP) is 2.93. The molecule has 176 valence electrons. The van der Waals surface area contributed by atoms with Gasteiger partial charge in [0.25, 0.3) is 0 Å². The first-order valence-corrected chi connectivity index (χ1v) is 13.8. The van der Waals surface area contributed by atoms with Crippen LogP contribution in [0.3, 0.4) is 0 Å². The smallest absolute Gasteiger partial charge is 0.245 e. The number of halogens is 2. The Labute approximate surface area is 212 Å². The molecule has 0 radical (unpaired) electrons. The number of fused-ring (bicyclic) bond motifs is 1. The van der Waals surface area contributed by atoms with E-state index in [1.165, 1.54) is 10.4 Å². The molecule has 13 heteroatoms. The SMILES string of the molecule is Bc1cnn2c(NCc3cccnc3)cc(C3CCN(S(=O)(=O)c4cc(Cl)sc4Cl)CC3)nc12. The van der Waals surface area contributed by atoms with Gasteiger partial charge in [0.1, 0.15) is 22.9 Å². The summed E-state index contributed by atoms with van der Waals surface area (Å²) in [5.41, 5.74) is 3.76. The molecule has 5 rings (SSSR count). The van der Waals surface area contributed by atoms with Gasteiger partial charge >= 0.3 is 0 Å². The van der Waals surface area contributed by atoms with Gasteiger partial charge in [-0.1, -0.05) is 29.3 Å². The van der Waals surface area contributed by atoms with Crippen LogP contribution in [0.4, 0.5) is 5.82 Å². The van der Waals surface area contributed by atoms with Crippen molar-refractivity contribution < 1.29 is 8.42 Å². The first kappa shape index (κ1) is 23.6. The molecule has 0 amide bonds. The Morgan fingerprint density at radius 1 is 1.21 bits per heavy atom. The third-order valence-electron chi connectivity index (χ3n) is 5.98. The molecule has 4 aromatic heterocycles. The van der Waals surface area contributed by atoms with Gasteiger partial charge in [0, 0.05) is 55.9 Å². The van der Waals surface area contributed by atoms with Crippen LogP contribution in [0.15, 0.2) is 47.8 Å². The van der Waals surface area contributed by atoms with Crippen molar-refractivity contribution in [1.82, 2.24) is 23.9 Å². The van der Waals surface area contributed by atoms with Gasteiger partial charge in [-0.05, 0) is 36.0 Å². The number of rotatable bonds is 6. The molecule has 1 fully saturated rings. The van der Waals surface area contributed by atoms with Crippen molar-refractivity contribution in [3.63, 3.8) is 0 Å². The maximum absolute atomic E-state index is 13.1. The summed E-state index contributed by atoms with van der Waals surface area (Å²) in [7, 11) is -1.70. The van der Waals surface area contributed by atoms with E-state index in [4.69, 9.17) is 28.2 Å². The zero-order valence-electron chi connectivity index (χ0n) is 18.3. The van der Waals surface area contributed by atoms with Crippen LogP contribution in [-0.2, 0) is 16.6 Å². The second-order valence-electron chi connectivity index (χ2n) is 8.21. The molecule has 1 aliphatic rings. The standard InChI is InChI=1S/C21H21BCl2N6O2S2/c22-15-12-27-30-19(26-11-13-2-1-5-25-10-13)8-16(28-21(15)30)14-3-6-29(7-4-14)34(31,32)17-9-18(23)33-20(17)24/h1-2,5,8-10,12,14,26H,3-4,6-7,11,22H2. The molecular weight excluding hydrogens is 514 g/mol. The average Bonchev–Trinajstić information content (AvgIpc) is 3.39. The van der Waals surface area contributed by atoms with E-state index in [1.807, 2.05) is 32.2 Å². The largest absolute Gasteiger partial charge is 0.366 e. The summed E-state index contributed by atoms with van der Waals surface area (Å²) in [5, 5.41) is 7.92. The van der Waals surface area contributed by atoms with E-state index in [0.29, 0.717) is 36.8 Å². The minimum Gasteiger partial charge on any atom is -0.366 e. The lowest BCUT2D eigenvalue weighted by Crippen LogP contribution is -2.38. The Morgan fingerprint density at radius 3 is 2.68 bits per heavy atom. The number of nitrogens with one attached hydrogen (secondary N) is 1. The van der Waals surface area contributed by atoms with Crippen LogP contribution in [0.25, 0.3) is 5.65 Å². The lowest BCUT2D eigenvalue weighted by molar-refractivity contribution is 0.317. The fourth-order valence-electron chi connectivity index (χ4n) is 4.15. The molecule has 0 saturated carbocycles. The van der Waals surface area contributed by atoms with Gasteiger partial charge in [-0.25, -0.2) is 13.4 Å². The number of hydrogen-bond acceptors (Lipinski definition) is 7. The van der Waals surface area contributed by atoms with Crippen LogP contribution in [0.1, 0.15) is 30.0 Å². The van der Waals surface area contributed by atoms with Gasteiger partial charge < -0.3 is 5.32 Å². The molecule has 4 aromatic rings. The van der Waals surface area contributed by atoms with E-state index in [2.05, 4.69) is 15.4 Å². The van der Waals surface area contributed by atoms with Crippen molar-refractivity contribution in [2.45, 2.75) is 30.2 Å². The maximum Gasteiger partial charge on any atom is 0.245 e. The van der Waals surface area contributed by atoms with Crippen molar-refractivity contribution in [2.24, 2.45) is 0 Å². The Morgan fingerprint density at radius 2 is 2.00 bits per heavy atom. The van der Waals surface area contributed by atoms with Gasteiger partial charge in [-0.2, -0.15) is 13.9 Å². The van der Waals surface area contributed by atoms with E-state index >= 15 is 0 Å². The zero-order valence-corrected chi connectivity index (χ0v) is 21.4. The van der Waals surface area contributed by atoms with E-state index < -0.39 is 10.0 Å². The van der Waals surface area contributed by atoms with Crippen LogP contribution >= 0.6 is 34.5 Å². The molecule has 5 heterocycles. The van der Waals surface area contributed by atoms with Gasteiger partial charge in [0.2, 0.25) is 10.0 Å². The van der Waals surface area contributed by atoms with Crippen LogP contribution in [-0.4, -0.2) is 53.2 Å². The summed E-state index contributed by atoms with van der Waals surface area (Å²) >= 11 is 13.2. The van der Waals surface area contributed by atoms with Crippen molar-refractivity contribution in [3.05, 3.63) is 62.8 Å². The van der Waals surface area contributed by atoms with Gasteiger partial charge in [0.15, 0.2) is 5.65 Å². The number of hydrogen-bond donors (Lipinski definition) is 1. The van der Waals surface area contributed by atoms with E-state index in [1.54, 1.807) is 16.9 Å². The number of sulfonamides is 1. The number of anilines is 1. The minimum absolute atomic E-state index is 0.0823. The number of thiophene rings is 1. The molecule has 0 bridgehead atoms. The quantitative estimate of drug-likeness (QED) is 0.382. The second kappa shape index (κ2) is 9.46. The highest BCUT2D eigenvalue weighted by molar-refractivity contribution is 7.89. The number of aromatic nitrogens is 4. The Kier molecular flexibility index (Phi) is 6.56. The highest BCUT2D eigenvalue weighted by Crippen LogP contribution is 2.38. The lowest BCUT2D eigenvalue weighted by Gasteiger charge is -2.31. The van der Waals surface area contributed by atoms with E-state index in [-0.39, 0.29) is 15.1 Å². The average molecular weight is 535 g/mol. The summed E-state index contributed by atoms with van der Waals surface area (Å²) in [5.74, 6) is 0.970. The van der Waals surface area contributed by atoms with E-state index in [0.717, 1.165) is 39.5 Å². The minimum atomic E-state index is -3.68. The Hall–Kier alpha value is -2.18. The van der Waals surface area contributed by atoms with Crippen LogP contribution < -0.4 is 10.8 Å². The fourth-order valence-corrected chi connectivity index (χ4v) is 7.74. The lowest BCUT2D eigenvalue weighted by atomic mass is 9.94. The fraction of sp³-hybridized carbons (Fsp3) is 0.286. The molecule has 0 aromatic carbocycles. The number of nitrogens with zero attached hydrogens (tertiary/aromatic N) is 5. The van der Waals surface area contributed by atoms with Crippen molar-refractivity contribution in [1.29, 1.82) is 0 Å². The third kappa shape index (κ3) is 4.55. The summed E-state index contributed by atoms with van der Waals surface area (Å²) < 4.78 is 30.0. The monoisotopic (exact) mass is 534 g/mol. The molecule has 0 spiro atoms. The number of piperidine rings is 1. The normalized spacial score (nSPS) is 15.7. The topological polar surface area (TPSA) is 92.5 Å². The Bertz CT molecular complexity index is 1440. The molecule has 1 aliphatic heterocycles. The highest BCUT2D eigenvalue weighted by atomic mass is 35.5. The van der Waals surface area contributed by atoms with Crippen molar-refractivity contribution in [3.8, 4) is 0 Å². The summed E-state index contributed by atoms with van der Waals surface area (Å²) in [6.07, 6.45) is 6.69. The summed E-state index contributed by atoms with van der Waals surface area (Å²) in [6, 6.07) is 7.35.